The highest BCUT2D eigenvalue weighted by Gasteiger charge is 2.20. The summed E-state index contributed by atoms with van der Waals surface area (Å²) >= 11 is 0. The number of alkyl halides is 2. The maximum atomic E-state index is 13.6. The molecule has 23 heavy (non-hydrogen) atoms. The smallest absolute Gasteiger partial charge is 0.387 e. The molecule has 2 aromatic rings. The molecule has 0 heterocycles. The lowest BCUT2D eigenvalue weighted by molar-refractivity contribution is -0.0498. The van der Waals surface area contributed by atoms with Crippen LogP contribution >= 0.6 is 0 Å². The van der Waals surface area contributed by atoms with Crippen LogP contribution in [0.3, 0.4) is 0 Å². The zero-order valence-electron chi connectivity index (χ0n) is 12.1. The third-order valence-electron chi connectivity index (χ3n) is 3.09. The lowest BCUT2D eigenvalue weighted by atomic mass is 10.1. The van der Waals surface area contributed by atoms with Crippen LogP contribution in [0.5, 0.6) is 5.75 Å². The van der Waals surface area contributed by atoms with Crippen molar-refractivity contribution in [1.29, 1.82) is 0 Å². The van der Waals surface area contributed by atoms with Crippen LogP contribution < -0.4 is 4.74 Å². The Balaban J connectivity index is 2.09. The Morgan fingerprint density at radius 1 is 1.09 bits per heavy atom. The molecule has 0 saturated carbocycles. The Kier molecular flexibility index (Phi) is 5.20. The van der Waals surface area contributed by atoms with Crippen LogP contribution in [0.2, 0.25) is 0 Å². The van der Waals surface area contributed by atoms with Gasteiger partial charge in [-0.25, -0.2) is 8.78 Å². The Morgan fingerprint density at radius 2 is 1.65 bits per heavy atom. The van der Waals surface area contributed by atoms with Crippen LogP contribution in [0.25, 0.3) is 0 Å². The monoisotopic (exact) mass is 327 g/mol. The summed E-state index contributed by atoms with van der Waals surface area (Å²) in [5.74, 6) is -2.71. The molecule has 0 fully saturated rings. The van der Waals surface area contributed by atoms with Crippen molar-refractivity contribution in [3.05, 3.63) is 65.2 Å². The maximum Gasteiger partial charge on any atom is 0.387 e. The number of ether oxygens (including phenoxy) is 1. The van der Waals surface area contributed by atoms with Crippen LogP contribution in [-0.2, 0) is 6.54 Å². The van der Waals surface area contributed by atoms with E-state index in [1.54, 1.807) is 0 Å². The minimum atomic E-state index is -2.92. The van der Waals surface area contributed by atoms with Gasteiger partial charge in [0.25, 0.3) is 5.91 Å². The van der Waals surface area contributed by atoms with Crippen molar-refractivity contribution in [2.45, 2.75) is 13.2 Å². The zero-order chi connectivity index (χ0) is 17.0. The predicted molar refractivity (Wildman–Crippen MR) is 75.2 cm³/mol. The van der Waals surface area contributed by atoms with Crippen molar-refractivity contribution in [1.82, 2.24) is 4.90 Å². The van der Waals surface area contributed by atoms with Gasteiger partial charge in [-0.3, -0.25) is 4.79 Å². The van der Waals surface area contributed by atoms with E-state index in [1.165, 1.54) is 37.4 Å². The average molecular weight is 327 g/mol. The molecule has 0 saturated heterocycles. The van der Waals surface area contributed by atoms with Crippen molar-refractivity contribution in [3.8, 4) is 5.75 Å². The summed E-state index contributed by atoms with van der Waals surface area (Å²) in [4.78, 5) is 13.3. The molecule has 0 atom stereocenters. The number of benzene rings is 2. The number of carbonyl (C=O) groups excluding carboxylic acids is 1. The second-order valence-electron chi connectivity index (χ2n) is 4.78. The topological polar surface area (TPSA) is 29.5 Å². The van der Waals surface area contributed by atoms with Crippen molar-refractivity contribution < 1.29 is 27.1 Å². The van der Waals surface area contributed by atoms with Gasteiger partial charge >= 0.3 is 6.61 Å². The number of halogens is 4. The molecule has 0 spiro atoms. The van der Waals surface area contributed by atoms with Gasteiger partial charge in [0, 0.05) is 13.6 Å². The predicted octanol–water partition coefficient (Wildman–Crippen LogP) is 3.84. The van der Waals surface area contributed by atoms with E-state index in [-0.39, 0.29) is 12.3 Å². The molecule has 0 aliphatic carbocycles. The van der Waals surface area contributed by atoms with Gasteiger partial charge in [0.05, 0.1) is 0 Å². The van der Waals surface area contributed by atoms with Crippen molar-refractivity contribution in [2.75, 3.05) is 7.05 Å². The minimum absolute atomic E-state index is 0.0159. The van der Waals surface area contributed by atoms with E-state index in [0.29, 0.717) is 5.56 Å². The molecule has 2 rings (SSSR count). The molecule has 0 unspecified atom stereocenters. The van der Waals surface area contributed by atoms with Gasteiger partial charge in [0.15, 0.2) is 0 Å². The standard InChI is InChI=1S/C16H13F4NO2/c1-21(15(22)14-12(17)3-2-4-13(14)18)9-10-5-7-11(8-6-10)23-16(19)20/h2-8,16H,9H2,1H3. The normalized spacial score (nSPS) is 10.7. The number of hydrogen-bond donors (Lipinski definition) is 0. The number of nitrogens with zero attached hydrogens (tertiary/aromatic N) is 1. The van der Waals surface area contributed by atoms with Crippen LogP contribution in [0.15, 0.2) is 42.5 Å². The quantitative estimate of drug-likeness (QED) is 0.781. The molecule has 0 N–H and O–H groups in total. The highest BCUT2D eigenvalue weighted by Crippen LogP contribution is 2.18. The first-order valence-corrected chi connectivity index (χ1v) is 6.61. The highest BCUT2D eigenvalue weighted by atomic mass is 19.3. The Bertz CT molecular complexity index is 669. The Morgan fingerprint density at radius 3 is 2.17 bits per heavy atom. The molecule has 0 radical (unpaired) electrons. The molecule has 0 aliphatic rings. The number of amides is 1. The van der Waals surface area contributed by atoms with Gasteiger partial charge in [0.2, 0.25) is 0 Å². The molecule has 3 nitrogen and oxygen atoms in total. The fourth-order valence-electron chi connectivity index (χ4n) is 2.01. The fraction of sp³-hybridized carbons (Fsp3) is 0.188. The summed E-state index contributed by atoms with van der Waals surface area (Å²) in [5.41, 5.74) is -0.0353. The number of hydrogen-bond acceptors (Lipinski definition) is 2. The molecule has 1 amide bonds. The average Bonchev–Trinajstić information content (AvgIpc) is 2.48. The summed E-state index contributed by atoms with van der Waals surface area (Å²) in [7, 11) is 1.39. The number of rotatable bonds is 5. The van der Waals surface area contributed by atoms with Gasteiger partial charge in [-0.2, -0.15) is 8.78 Å². The van der Waals surface area contributed by atoms with Crippen LogP contribution in [0.1, 0.15) is 15.9 Å². The van der Waals surface area contributed by atoms with E-state index in [0.717, 1.165) is 17.0 Å². The lowest BCUT2D eigenvalue weighted by Gasteiger charge is -2.18. The van der Waals surface area contributed by atoms with Gasteiger partial charge in [0.1, 0.15) is 22.9 Å². The molecule has 0 bridgehead atoms. The maximum absolute atomic E-state index is 13.6. The van der Waals surface area contributed by atoms with E-state index in [1.807, 2.05) is 0 Å². The number of carbonyl (C=O) groups is 1. The molecular formula is C16H13F4NO2. The lowest BCUT2D eigenvalue weighted by Crippen LogP contribution is -2.28. The first-order valence-electron chi connectivity index (χ1n) is 6.61. The van der Waals surface area contributed by atoms with Crippen LogP contribution in [0.4, 0.5) is 17.6 Å². The molecule has 0 aliphatic heterocycles. The van der Waals surface area contributed by atoms with Gasteiger partial charge in [-0.1, -0.05) is 18.2 Å². The molecule has 0 aromatic heterocycles. The Hall–Kier alpha value is -2.57. The first-order chi connectivity index (χ1) is 10.9. The Labute approximate surface area is 130 Å². The second-order valence-corrected chi connectivity index (χ2v) is 4.78. The van der Waals surface area contributed by atoms with Crippen molar-refractivity contribution in [2.24, 2.45) is 0 Å². The van der Waals surface area contributed by atoms with E-state index < -0.39 is 29.7 Å². The largest absolute Gasteiger partial charge is 0.435 e. The molecular weight excluding hydrogens is 314 g/mol. The summed E-state index contributed by atoms with van der Waals surface area (Å²) in [5, 5.41) is 0. The molecule has 122 valence electrons. The first kappa shape index (κ1) is 16.8. The fourth-order valence-corrected chi connectivity index (χ4v) is 2.01. The third-order valence-corrected chi connectivity index (χ3v) is 3.09. The molecule has 2 aromatic carbocycles. The van der Waals surface area contributed by atoms with E-state index in [2.05, 4.69) is 4.74 Å². The van der Waals surface area contributed by atoms with Crippen LogP contribution in [-0.4, -0.2) is 24.5 Å². The second kappa shape index (κ2) is 7.13. The molecule has 7 heteroatoms. The van der Waals surface area contributed by atoms with Crippen molar-refractivity contribution in [3.63, 3.8) is 0 Å². The van der Waals surface area contributed by atoms with Gasteiger partial charge in [-0.15, -0.1) is 0 Å². The van der Waals surface area contributed by atoms with E-state index in [4.69, 9.17) is 0 Å². The minimum Gasteiger partial charge on any atom is -0.435 e. The van der Waals surface area contributed by atoms with Crippen LogP contribution in [0, 0.1) is 11.6 Å². The summed E-state index contributed by atoms with van der Waals surface area (Å²) in [6.07, 6.45) is 0. The summed E-state index contributed by atoms with van der Waals surface area (Å²) < 4.78 is 55.5. The van der Waals surface area contributed by atoms with E-state index >= 15 is 0 Å². The van der Waals surface area contributed by atoms with Crippen molar-refractivity contribution >= 4 is 5.91 Å². The van der Waals surface area contributed by atoms with E-state index in [9.17, 15) is 22.4 Å². The van der Waals surface area contributed by atoms with Gasteiger partial charge in [-0.05, 0) is 29.8 Å². The summed E-state index contributed by atoms with van der Waals surface area (Å²) in [6, 6.07) is 8.79. The SMILES string of the molecule is CN(Cc1ccc(OC(F)F)cc1)C(=O)c1c(F)cccc1F. The highest BCUT2D eigenvalue weighted by molar-refractivity contribution is 5.94. The van der Waals surface area contributed by atoms with Gasteiger partial charge < -0.3 is 9.64 Å². The zero-order valence-corrected chi connectivity index (χ0v) is 12.1. The third kappa shape index (κ3) is 4.21. The summed E-state index contributed by atoms with van der Waals surface area (Å²) in [6.45, 7) is -2.86.